The van der Waals surface area contributed by atoms with Gasteiger partial charge in [-0.2, -0.15) is 0 Å². The van der Waals surface area contributed by atoms with Gasteiger partial charge in [-0.25, -0.2) is 9.97 Å². The Kier molecular flexibility index (Phi) is 6.66. The molecule has 0 saturated carbocycles. The Bertz CT molecular complexity index is 989. The maximum Gasteiger partial charge on any atom is 0.228 e. The fourth-order valence-electron chi connectivity index (χ4n) is 3.23. The van der Waals surface area contributed by atoms with E-state index in [1.165, 1.54) is 0 Å². The fourth-order valence-corrected chi connectivity index (χ4v) is 3.23. The van der Waals surface area contributed by atoms with Gasteiger partial charge >= 0.3 is 0 Å². The number of anilines is 4. The van der Waals surface area contributed by atoms with Crippen molar-refractivity contribution < 1.29 is 9.32 Å². The molecule has 3 aromatic rings. The third-order valence-electron chi connectivity index (χ3n) is 4.87. The van der Waals surface area contributed by atoms with Gasteiger partial charge < -0.3 is 20.1 Å². The van der Waals surface area contributed by atoms with Crippen LogP contribution in [0.25, 0.3) is 0 Å². The summed E-state index contributed by atoms with van der Waals surface area (Å²) in [5.74, 6) is 2.91. The predicted octanol–water partition coefficient (Wildman–Crippen LogP) is 4.16. The SMILES string of the molecule is CCN(CC)c1cc(Nc2ccc(NC(=O)Cc3c(C)noc3C)cc2)nc(C)n1. The Morgan fingerprint density at radius 2 is 1.70 bits per heavy atom. The number of rotatable bonds is 8. The van der Waals surface area contributed by atoms with Crippen molar-refractivity contribution >= 4 is 28.9 Å². The van der Waals surface area contributed by atoms with Crippen LogP contribution in [0.15, 0.2) is 34.9 Å². The lowest BCUT2D eigenvalue weighted by Gasteiger charge is -2.20. The van der Waals surface area contributed by atoms with Crippen LogP contribution >= 0.6 is 0 Å². The van der Waals surface area contributed by atoms with Crippen molar-refractivity contribution in [3.63, 3.8) is 0 Å². The second-order valence-electron chi connectivity index (χ2n) is 7.06. The van der Waals surface area contributed by atoms with Crippen molar-refractivity contribution in [2.24, 2.45) is 0 Å². The summed E-state index contributed by atoms with van der Waals surface area (Å²) in [6.45, 7) is 11.5. The van der Waals surface area contributed by atoms with Gasteiger partial charge in [-0.3, -0.25) is 4.79 Å². The van der Waals surface area contributed by atoms with Crippen molar-refractivity contribution in [1.82, 2.24) is 15.1 Å². The molecule has 0 saturated heterocycles. The molecule has 2 heterocycles. The topological polar surface area (TPSA) is 96.2 Å². The molecule has 0 spiro atoms. The third-order valence-corrected chi connectivity index (χ3v) is 4.87. The Hall–Kier alpha value is -3.42. The number of nitrogens with zero attached hydrogens (tertiary/aromatic N) is 4. The molecule has 2 aromatic heterocycles. The van der Waals surface area contributed by atoms with E-state index in [4.69, 9.17) is 4.52 Å². The van der Waals surface area contributed by atoms with Gasteiger partial charge in [-0.05, 0) is 58.9 Å². The molecule has 0 bridgehead atoms. The molecule has 0 aliphatic carbocycles. The van der Waals surface area contributed by atoms with Crippen LogP contribution in [0.1, 0.15) is 36.7 Å². The fraction of sp³-hybridized carbons (Fsp3) is 0.364. The monoisotopic (exact) mass is 408 g/mol. The number of amides is 1. The van der Waals surface area contributed by atoms with Gasteiger partial charge in [0.05, 0.1) is 12.1 Å². The lowest BCUT2D eigenvalue weighted by molar-refractivity contribution is -0.115. The highest BCUT2D eigenvalue weighted by molar-refractivity contribution is 5.92. The van der Waals surface area contributed by atoms with Crippen molar-refractivity contribution in [3.05, 3.63) is 53.2 Å². The van der Waals surface area contributed by atoms with Gasteiger partial charge in [0, 0.05) is 36.1 Å². The van der Waals surface area contributed by atoms with E-state index in [1.54, 1.807) is 0 Å². The standard InChI is InChI=1S/C22H28N6O2/c1-6-28(7-2)21-13-20(23-16(5)24-21)25-17-8-10-18(11-9-17)26-22(29)12-19-14(3)27-30-15(19)4/h8-11,13H,6-7,12H2,1-5H3,(H,26,29)(H,23,24,25). The molecule has 0 unspecified atom stereocenters. The quantitative estimate of drug-likeness (QED) is 0.578. The van der Waals surface area contributed by atoms with Crippen LogP contribution in [0.2, 0.25) is 0 Å². The first-order valence-corrected chi connectivity index (χ1v) is 10.1. The normalized spacial score (nSPS) is 10.7. The molecule has 3 rings (SSSR count). The van der Waals surface area contributed by atoms with Crippen LogP contribution in [-0.4, -0.2) is 34.1 Å². The van der Waals surface area contributed by atoms with Crippen molar-refractivity contribution in [2.75, 3.05) is 28.6 Å². The number of aromatic nitrogens is 3. The maximum atomic E-state index is 12.3. The average Bonchev–Trinajstić information content (AvgIpc) is 3.02. The van der Waals surface area contributed by atoms with E-state index in [1.807, 2.05) is 51.1 Å². The second-order valence-corrected chi connectivity index (χ2v) is 7.06. The predicted molar refractivity (Wildman–Crippen MR) is 118 cm³/mol. The van der Waals surface area contributed by atoms with Gasteiger partial charge in [0.25, 0.3) is 0 Å². The first-order valence-electron chi connectivity index (χ1n) is 10.1. The zero-order valence-electron chi connectivity index (χ0n) is 18.1. The van der Waals surface area contributed by atoms with Gasteiger partial charge in [0.2, 0.25) is 5.91 Å². The van der Waals surface area contributed by atoms with Crippen LogP contribution in [0.5, 0.6) is 0 Å². The van der Waals surface area contributed by atoms with E-state index in [2.05, 4.69) is 44.5 Å². The summed E-state index contributed by atoms with van der Waals surface area (Å²) >= 11 is 0. The molecule has 0 aliphatic rings. The Morgan fingerprint density at radius 1 is 1.03 bits per heavy atom. The highest BCUT2D eigenvalue weighted by Crippen LogP contribution is 2.22. The minimum absolute atomic E-state index is 0.111. The maximum absolute atomic E-state index is 12.3. The Labute approximate surface area is 176 Å². The molecule has 0 atom stereocenters. The average molecular weight is 409 g/mol. The molecule has 0 fully saturated rings. The summed E-state index contributed by atoms with van der Waals surface area (Å²) in [5.41, 5.74) is 3.17. The Balaban J connectivity index is 1.65. The summed E-state index contributed by atoms with van der Waals surface area (Å²) in [7, 11) is 0. The minimum atomic E-state index is -0.111. The number of carbonyl (C=O) groups excluding carboxylic acids is 1. The molecule has 2 N–H and O–H groups in total. The Morgan fingerprint density at radius 3 is 2.30 bits per heavy atom. The number of nitrogens with one attached hydrogen (secondary N) is 2. The van der Waals surface area contributed by atoms with Crippen LogP contribution in [-0.2, 0) is 11.2 Å². The first-order chi connectivity index (χ1) is 14.4. The van der Waals surface area contributed by atoms with Crippen molar-refractivity contribution in [3.8, 4) is 0 Å². The molecular weight excluding hydrogens is 380 g/mol. The van der Waals surface area contributed by atoms with Gasteiger partial charge in [-0.15, -0.1) is 0 Å². The van der Waals surface area contributed by atoms with Crippen LogP contribution < -0.4 is 15.5 Å². The van der Waals surface area contributed by atoms with Gasteiger partial charge in [0.1, 0.15) is 23.2 Å². The summed E-state index contributed by atoms with van der Waals surface area (Å²) in [4.78, 5) is 23.5. The van der Waals surface area contributed by atoms with E-state index >= 15 is 0 Å². The minimum Gasteiger partial charge on any atom is -0.361 e. The van der Waals surface area contributed by atoms with Crippen molar-refractivity contribution in [1.29, 1.82) is 0 Å². The molecule has 158 valence electrons. The molecule has 0 aliphatic heterocycles. The number of hydrogen-bond donors (Lipinski definition) is 2. The zero-order valence-corrected chi connectivity index (χ0v) is 18.1. The summed E-state index contributed by atoms with van der Waals surface area (Å²) in [5, 5.41) is 10.1. The lowest BCUT2D eigenvalue weighted by atomic mass is 10.1. The smallest absolute Gasteiger partial charge is 0.228 e. The number of carbonyl (C=O) groups is 1. The molecule has 1 amide bonds. The van der Waals surface area contributed by atoms with E-state index in [0.29, 0.717) is 11.6 Å². The second kappa shape index (κ2) is 9.39. The number of hydrogen-bond acceptors (Lipinski definition) is 7. The molecule has 8 heteroatoms. The van der Waals surface area contributed by atoms with E-state index in [0.717, 1.165) is 47.4 Å². The lowest BCUT2D eigenvalue weighted by Crippen LogP contribution is -2.23. The van der Waals surface area contributed by atoms with Crippen LogP contribution in [0.3, 0.4) is 0 Å². The third kappa shape index (κ3) is 5.14. The summed E-state index contributed by atoms with van der Waals surface area (Å²) in [6, 6.07) is 9.46. The molecule has 30 heavy (non-hydrogen) atoms. The van der Waals surface area contributed by atoms with Crippen LogP contribution in [0.4, 0.5) is 23.0 Å². The first kappa shape index (κ1) is 21.3. The summed E-state index contributed by atoms with van der Waals surface area (Å²) in [6.07, 6.45) is 0.232. The summed E-state index contributed by atoms with van der Waals surface area (Å²) < 4.78 is 5.11. The van der Waals surface area contributed by atoms with E-state index in [9.17, 15) is 4.79 Å². The van der Waals surface area contributed by atoms with Crippen LogP contribution in [0, 0.1) is 20.8 Å². The zero-order chi connectivity index (χ0) is 21.7. The van der Waals surface area contributed by atoms with E-state index < -0.39 is 0 Å². The van der Waals surface area contributed by atoms with E-state index in [-0.39, 0.29) is 12.3 Å². The molecule has 0 radical (unpaired) electrons. The molecule has 1 aromatic carbocycles. The number of aryl methyl sites for hydroxylation is 3. The molecular formula is C22H28N6O2. The number of benzene rings is 1. The van der Waals surface area contributed by atoms with Gasteiger partial charge in [-0.1, -0.05) is 5.16 Å². The highest BCUT2D eigenvalue weighted by atomic mass is 16.5. The molecule has 8 nitrogen and oxygen atoms in total. The van der Waals surface area contributed by atoms with Crippen molar-refractivity contribution in [2.45, 2.75) is 41.0 Å². The highest BCUT2D eigenvalue weighted by Gasteiger charge is 2.13. The van der Waals surface area contributed by atoms with Gasteiger partial charge in [0.15, 0.2) is 0 Å². The largest absolute Gasteiger partial charge is 0.361 e.